The molecule has 7 aromatic carbocycles. The second kappa shape index (κ2) is 10.3. The standard InChI is InChI=1S/C44H25N3S2/c1-2-11-26(12-3-1)41-33-15-4-7-18-35(33)45-44(46-41)47-36-24-23-32-30-14-6-9-20-39(30)49-43(32)40(36)34-22-21-27(25-37(34)47)28-16-10-17-31-29-13-5-8-19-38(29)48-42(28)31/h1-25H. The van der Waals surface area contributed by atoms with Crippen LogP contribution in [0.2, 0.25) is 0 Å². The minimum Gasteiger partial charge on any atom is -0.278 e. The highest BCUT2D eigenvalue weighted by atomic mass is 32.1. The first-order chi connectivity index (χ1) is 24.3. The monoisotopic (exact) mass is 659 g/mol. The molecule has 0 unspecified atom stereocenters. The van der Waals surface area contributed by atoms with Gasteiger partial charge in [0.2, 0.25) is 5.95 Å². The molecule has 5 heteroatoms. The van der Waals surface area contributed by atoms with Crippen LogP contribution in [0.3, 0.4) is 0 Å². The molecule has 0 bridgehead atoms. The van der Waals surface area contributed by atoms with Crippen LogP contribution >= 0.6 is 22.7 Å². The van der Waals surface area contributed by atoms with E-state index in [9.17, 15) is 0 Å². The van der Waals surface area contributed by atoms with Crippen molar-refractivity contribution in [3.8, 4) is 28.3 Å². The van der Waals surface area contributed by atoms with Crippen LogP contribution in [0, 0.1) is 0 Å². The highest BCUT2D eigenvalue weighted by Gasteiger charge is 2.21. The summed E-state index contributed by atoms with van der Waals surface area (Å²) in [6.07, 6.45) is 0. The number of benzene rings is 7. The Morgan fingerprint density at radius 1 is 0.429 bits per heavy atom. The normalized spacial score (nSPS) is 12.1. The maximum Gasteiger partial charge on any atom is 0.235 e. The first-order valence-corrected chi connectivity index (χ1v) is 18.1. The molecule has 0 N–H and O–H groups in total. The number of para-hydroxylation sites is 1. The average Bonchev–Trinajstić information content (AvgIpc) is 3.84. The van der Waals surface area contributed by atoms with Gasteiger partial charge in [-0.25, -0.2) is 9.97 Å². The molecule has 0 aliphatic rings. The first kappa shape index (κ1) is 27.1. The summed E-state index contributed by atoms with van der Waals surface area (Å²) in [4.78, 5) is 10.6. The highest BCUT2D eigenvalue weighted by Crippen LogP contribution is 2.45. The number of rotatable bonds is 3. The van der Waals surface area contributed by atoms with Crippen LogP contribution < -0.4 is 0 Å². The fourth-order valence-electron chi connectivity index (χ4n) is 7.62. The Labute approximate surface area is 289 Å². The molecular formula is C44H25N3S2. The molecule has 0 aliphatic carbocycles. The van der Waals surface area contributed by atoms with Gasteiger partial charge in [-0.05, 0) is 41.5 Å². The fraction of sp³-hybridized carbons (Fsp3) is 0. The molecule has 4 aromatic heterocycles. The molecule has 0 spiro atoms. The van der Waals surface area contributed by atoms with Crippen LogP contribution in [-0.2, 0) is 0 Å². The van der Waals surface area contributed by atoms with Gasteiger partial charge in [-0.15, -0.1) is 22.7 Å². The summed E-state index contributed by atoms with van der Waals surface area (Å²) in [7, 11) is 0. The van der Waals surface area contributed by atoms with E-state index >= 15 is 0 Å². The van der Waals surface area contributed by atoms with Gasteiger partial charge in [0.15, 0.2) is 0 Å². The number of nitrogens with zero attached hydrogens (tertiary/aromatic N) is 3. The zero-order valence-electron chi connectivity index (χ0n) is 26.1. The van der Waals surface area contributed by atoms with Crippen molar-refractivity contribution in [3.05, 3.63) is 152 Å². The molecule has 0 atom stereocenters. The fourth-order valence-corrected chi connectivity index (χ4v) is 10.1. The molecule has 0 fully saturated rings. The van der Waals surface area contributed by atoms with Crippen molar-refractivity contribution in [2.24, 2.45) is 0 Å². The lowest BCUT2D eigenvalue weighted by Crippen LogP contribution is -2.03. The maximum atomic E-state index is 5.38. The van der Waals surface area contributed by atoms with Crippen molar-refractivity contribution >= 4 is 95.7 Å². The van der Waals surface area contributed by atoms with Gasteiger partial charge < -0.3 is 0 Å². The molecule has 3 nitrogen and oxygen atoms in total. The molecule has 4 heterocycles. The van der Waals surface area contributed by atoms with Crippen LogP contribution in [0.4, 0.5) is 0 Å². The lowest BCUT2D eigenvalue weighted by Gasteiger charge is -2.12. The van der Waals surface area contributed by atoms with Crippen LogP contribution in [0.1, 0.15) is 0 Å². The summed E-state index contributed by atoms with van der Waals surface area (Å²) in [5.41, 5.74) is 7.58. The van der Waals surface area contributed by atoms with Gasteiger partial charge in [-0.1, -0.05) is 121 Å². The van der Waals surface area contributed by atoms with E-state index < -0.39 is 0 Å². The van der Waals surface area contributed by atoms with Gasteiger partial charge in [-0.3, -0.25) is 4.57 Å². The summed E-state index contributed by atoms with van der Waals surface area (Å²) in [5, 5.41) is 8.70. The number of hydrogen-bond donors (Lipinski definition) is 0. The van der Waals surface area contributed by atoms with Gasteiger partial charge >= 0.3 is 0 Å². The van der Waals surface area contributed by atoms with E-state index in [1.807, 2.05) is 22.7 Å². The van der Waals surface area contributed by atoms with Crippen molar-refractivity contribution in [1.29, 1.82) is 0 Å². The quantitative estimate of drug-likeness (QED) is 0.189. The van der Waals surface area contributed by atoms with Gasteiger partial charge in [0.1, 0.15) is 0 Å². The number of hydrogen-bond acceptors (Lipinski definition) is 4. The van der Waals surface area contributed by atoms with E-state index in [4.69, 9.17) is 9.97 Å². The van der Waals surface area contributed by atoms with Crippen molar-refractivity contribution in [1.82, 2.24) is 14.5 Å². The van der Waals surface area contributed by atoms with E-state index in [2.05, 4.69) is 156 Å². The number of fused-ring (bicyclic) bond motifs is 11. The Morgan fingerprint density at radius 2 is 1.08 bits per heavy atom. The average molecular weight is 660 g/mol. The van der Waals surface area contributed by atoms with Crippen LogP contribution in [0.15, 0.2) is 152 Å². The maximum absolute atomic E-state index is 5.38. The smallest absolute Gasteiger partial charge is 0.235 e. The minimum absolute atomic E-state index is 0.676. The molecular weight excluding hydrogens is 635 g/mol. The van der Waals surface area contributed by atoms with Crippen molar-refractivity contribution < 1.29 is 0 Å². The predicted octanol–water partition coefficient (Wildman–Crippen LogP) is 12.8. The summed E-state index contributed by atoms with van der Waals surface area (Å²) >= 11 is 3.74. The number of thiophene rings is 2. The topological polar surface area (TPSA) is 30.7 Å². The van der Waals surface area contributed by atoms with E-state index in [1.165, 1.54) is 62.2 Å². The molecule has 49 heavy (non-hydrogen) atoms. The highest BCUT2D eigenvalue weighted by molar-refractivity contribution is 7.27. The Bertz CT molecular complexity index is 3110. The summed E-state index contributed by atoms with van der Waals surface area (Å²) in [5.74, 6) is 0.676. The van der Waals surface area contributed by atoms with Crippen molar-refractivity contribution in [2.45, 2.75) is 0 Å². The SMILES string of the molecule is c1ccc(-c2nc(-n3c4cc(-c5cccc6c5sc5ccccc56)ccc4c4c5sc6ccccc6c5ccc43)nc3ccccc23)cc1. The summed E-state index contributed by atoms with van der Waals surface area (Å²) in [6.45, 7) is 0. The zero-order valence-corrected chi connectivity index (χ0v) is 27.7. The third-order valence-corrected chi connectivity index (χ3v) is 12.3. The van der Waals surface area contributed by atoms with E-state index in [1.54, 1.807) is 0 Å². The zero-order chi connectivity index (χ0) is 32.1. The second-order valence-electron chi connectivity index (χ2n) is 12.5. The van der Waals surface area contributed by atoms with E-state index in [0.29, 0.717) is 5.95 Å². The molecule has 0 aliphatic heterocycles. The summed E-state index contributed by atoms with van der Waals surface area (Å²) in [6, 6.07) is 54.5. The molecule has 11 rings (SSSR count). The Hall–Kier alpha value is -5.88. The third kappa shape index (κ3) is 3.94. The molecule has 0 amide bonds. The van der Waals surface area contributed by atoms with Gasteiger partial charge in [-0.2, -0.15) is 0 Å². The lowest BCUT2D eigenvalue weighted by molar-refractivity contribution is 1.01. The van der Waals surface area contributed by atoms with Crippen LogP contribution in [-0.4, -0.2) is 14.5 Å². The largest absolute Gasteiger partial charge is 0.278 e. The Kier molecular flexibility index (Phi) is 5.70. The molecule has 228 valence electrons. The van der Waals surface area contributed by atoms with E-state index in [0.717, 1.165) is 33.2 Å². The minimum atomic E-state index is 0.676. The third-order valence-electron chi connectivity index (χ3n) is 9.83. The van der Waals surface area contributed by atoms with Crippen molar-refractivity contribution in [2.75, 3.05) is 0 Å². The van der Waals surface area contributed by atoms with Crippen LogP contribution in [0.5, 0.6) is 0 Å². The summed E-state index contributed by atoms with van der Waals surface area (Å²) < 4.78 is 7.51. The number of aromatic nitrogens is 3. The van der Waals surface area contributed by atoms with Gasteiger partial charge in [0, 0.05) is 62.1 Å². The Morgan fingerprint density at radius 3 is 1.90 bits per heavy atom. The van der Waals surface area contributed by atoms with E-state index in [-0.39, 0.29) is 0 Å². The predicted molar refractivity (Wildman–Crippen MR) is 211 cm³/mol. The molecule has 0 radical (unpaired) electrons. The lowest BCUT2D eigenvalue weighted by atomic mass is 10.0. The van der Waals surface area contributed by atoms with Crippen LogP contribution in [0.25, 0.3) is 101 Å². The van der Waals surface area contributed by atoms with Crippen molar-refractivity contribution in [3.63, 3.8) is 0 Å². The molecule has 0 saturated heterocycles. The van der Waals surface area contributed by atoms with Gasteiger partial charge in [0.05, 0.1) is 22.2 Å². The second-order valence-corrected chi connectivity index (χ2v) is 14.6. The molecule has 11 aromatic rings. The Balaban J connectivity index is 1.27. The molecule has 0 saturated carbocycles. The first-order valence-electron chi connectivity index (χ1n) is 16.4. The van der Waals surface area contributed by atoms with Gasteiger partial charge in [0.25, 0.3) is 0 Å².